The first-order valence-electron chi connectivity index (χ1n) is 8.60. The summed E-state index contributed by atoms with van der Waals surface area (Å²) in [5, 5.41) is 3.03. The molecule has 0 spiro atoms. The van der Waals surface area contributed by atoms with Crippen LogP contribution in [0.3, 0.4) is 0 Å². The van der Waals surface area contributed by atoms with Gasteiger partial charge < -0.3 is 14.8 Å². The Morgan fingerprint density at radius 1 is 1.08 bits per heavy atom. The summed E-state index contributed by atoms with van der Waals surface area (Å²) in [7, 11) is 0. The molecule has 5 heteroatoms. The van der Waals surface area contributed by atoms with Crippen LogP contribution in [0.5, 0.6) is 11.5 Å². The third kappa shape index (κ3) is 2.95. The van der Waals surface area contributed by atoms with Gasteiger partial charge in [-0.3, -0.25) is 4.79 Å². The van der Waals surface area contributed by atoms with Gasteiger partial charge in [-0.15, -0.1) is 0 Å². The summed E-state index contributed by atoms with van der Waals surface area (Å²) in [5.74, 6) is 1.09. The van der Waals surface area contributed by atoms with Gasteiger partial charge in [0.15, 0.2) is 11.5 Å². The first-order chi connectivity index (χ1) is 12.2. The van der Waals surface area contributed by atoms with Crippen molar-refractivity contribution in [1.29, 1.82) is 0 Å². The largest absolute Gasteiger partial charge is 0.454 e. The molecule has 1 heterocycles. The van der Waals surface area contributed by atoms with Gasteiger partial charge in [0.2, 0.25) is 12.7 Å². The summed E-state index contributed by atoms with van der Waals surface area (Å²) in [5.41, 5.74) is 1.09. The van der Waals surface area contributed by atoms with Gasteiger partial charge in [-0.25, -0.2) is 4.39 Å². The Morgan fingerprint density at radius 2 is 1.88 bits per heavy atom. The van der Waals surface area contributed by atoms with E-state index in [0.29, 0.717) is 12.3 Å². The molecule has 2 aromatic rings. The van der Waals surface area contributed by atoms with Crippen LogP contribution in [0.2, 0.25) is 0 Å². The highest BCUT2D eigenvalue weighted by molar-refractivity contribution is 5.88. The van der Waals surface area contributed by atoms with Gasteiger partial charge >= 0.3 is 0 Å². The molecule has 0 atom stereocenters. The van der Waals surface area contributed by atoms with Crippen molar-refractivity contribution in [3.63, 3.8) is 0 Å². The summed E-state index contributed by atoms with van der Waals surface area (Å²) in [6.45, 7) is 0.639. The van der Waals surface area contributed by atoms with Crippen LogP contribution in [0, 0.1) is 5.82 Å². The molecular weight excluding hydrogens is 321 g/mol. The average molecular weight is 341 g/mol. The van der Waals surface area contributed by atoms with Gasteiger partial charge in [-0.1, -0.05) is 31.0 Å². The van der Waals surface area contributed by atoms with Crippen molar-refractivity contribution in [3.8, 4) is 11.5 Å². The number of benzene rings is 2. The van der Waals surface area contributed by atoms with Gasteiger partial charge in [0.05, 0.1) is 5.41 Å². The molecule has 1 fully saturated rings. The number of hydrogen-bond acceptors (Lipinski definition) is 3. The number of nitrogens with one attached hydrogen (secondary N) is 1. The summed E-state index contributed by atoms with van der Waals surface area (Å²) in [6.07, 6.45) is 3.47. The van der Waals surface area contributed by atoms with Crippen LogP contribution in [0.25, 0.3) is 0 Å². The summed E-state index contributed by atoms with van der Waals surface area (Å²) >= 11 is 0. The van der Waals surface area contributed by atoms with Crippen molar-refractivity contribution in [3.05, 3.63) is 59.4 Å². The fraction of sp³-hybridized carbons (Fsp3) is 0.350. The van der Waals surface area contributed by atoms with E-state index in [0.717, 1.165) is 42.6 Å². The lowest BCUT2D eigenvalue weighted by Crippen LogP contribution is -2.42. The molecule has 130 valence electrons. The first kappa shape index (κ1) is 15.9. The van der Waals surface area contributed by atoms with Gasteiger partial charge in [-0.05, 0) is 48.2 Å². The van der Waals surface area contributed by atoms with Gasteiger partial charge in [0, 0.05) is 6.54 Å². The monoisotopic (exact) mass is 341 g/mol. The third-order valence-electron chi connectivity index (χ3n) is 5.16. The van der Waals surface area contributed by atoms with Crippen LogP contribution in [0.1, 0.15) is 36.8 Å². The number of hydrogen-bond donors (Lipinski definition) is 1. The lowest BCUT2D eigenvalue weighted by molar-refractivity contribution is -0.126. The highest BCUT2D eigenvalue weighted by Gasteiger charge is 2.42. The van der Waals surface area contributed by atoms with Crippen molar-refractivity contribution < 1.29 is 18.7 Å². The summed E-state index contributed by atoms with van der Waals surface area (Å²) in [6, 6.07) is 12.1. The standard InChI is InChI=1S/C20H20FNO3/c21-16-5-3-4-15(11-16)20(8-1-2-9-20)19(23)22-12-14-6-7-17-18(10-14)25-13-24-17/h3-7,10-11H,1-2,8-9,12-13H2,(H,22,23). The SMILES string of the molecule is O=C(NCc1ccc2c(c1)OCO2)C1(c2cccc(F)c2)CCCC1. The fourth-order valence-corrected chi connectivity index (χ4v) is 3.81. The molecule has 0 radical (unpaired) electrons. The Kier molecular flexibility index (Phi) is 4.07. The maximum absolute atomic E-state index is 13.7. The summed E-state index contributed by atoms with van der Waals surface area (Å²) < 4.78 is 24.3. The maximum atomic E-state index is 13.7. The molecule has 1 N–H and O–H groups in total. The zero-order valence-electron chi connectivity index (χ0n) is 13.9. The van der Waals surface area contributed by atoms with Crippen LogP contribution < -0.4 is 14.8 Å². The van der Waals surface area contributed by atoms with E-state index in [-0.39, 0.29) is 18.5 Å². The van der Waals surface area contributed by atoms with Gasteiger partial charge in [-0.2, -0.15) is 0 Å². The van der Waals surface area contributed by atoms with Crippen LogP contribution in [0.15, 0.2) is 42.5 Å². The van der Waals surface area contributed by atoms with E-state index in [1.54, 1.807) is 6.07 Å². The normalized spacial score (nSPS) is 17.5. The van der Waals surface area contributed by atoms with Gasteiger partial charge in [0.25, 0.3) is 0 Å². The number of amides is 1. The molecule has 4 rings (SSSR count). The van der Waals surface area contributed by atoms with E-state index in [1.807, 2.05) is 24.3 Å². The number of ether oxygens (including phenoxy) is 2. The molecule has 2 aromatic carbocycles. The summed E-state index contributed by atoms with van der Waals surface area (Å²) in [4.78, 5) is 13.0. The van der Waals surface area contributed by atoms with Crippen LogP contribution >= 0.6 is 0 Å². The smallest absolute Gasteiger partial charge is 0.231 e. The number of rotatable bonds is 4. The van der Waals surface area contributed by atoms with Crippen LogP contribution in [-0.4, -0.2) is 12.7 Å². The van der Waals surface area contributed by atoms with Crippen molar-refractivity contribution in [1.82, 2.24) is 5.32 Å². The highest BCUT2D eigenvalue weighted by Crippen LogP contribution is 2.41. The Morgan fingerprint density at radius 3 is 2.68 bits per heavy atom. The minimum atomic E-state index is -0.627. The topological polar surface area (TPSA) is 47.6 Å². The molecule has 1 aliphatic heterocycles. The molecule has 4 nitrogen and oxygen atoms in total. The second kappa shape index (κ2) is 6.39. The fourth-order valence-electron chi connectivity index (χ4n) is 3.81. The van der Waals surface area contributed by atoms with E-state index < -0.39 is 5.41 Å². The lowest BCUT2D eigenvalue weighted by atomic mass is 9.78. The Hall–Kier alpha value is -2.56. The molecule has 2 aliphatic rings. The second-order valence-electron chi connectivity index (χ2n) is 6.67. The lowest BCUT2D eigenvalue weighted by Gasteiger charge is -2.28. The zero-order valence-corrected chi connectivity index (χ0v) is 13.9. The Bertz CT molecular complexity index is 799. The number of carbonyl (C=O) groups excluding carboxylic acids is 1. The minimum Gasteiger partial charge on any atom is -0.454 e. The van der Waals surface area contributed by atoms with Crippen LogP contribution in [0.4, 0.5) is 4.39 Å². The van der Waals surface area contributed by atoms with E-state index in [9.17, 15) is 9.18 Å². The molecule has 1 amide bonds. The highest BCUT2D eigenvalue weighted by atomic mass is 19.1. The molecule has 0 saturated heterocycles. The predicted octanol–water partition coefficient (Wildman–Crippen LogP) is 3.68. The average Bonchev–Trinajstić information content (AvgIpc) is 3.29. The maximum Gasteiger partial charge on any atom is 0.231 e. The van der Waals surface area contributed by atoms with E-state index >= 15 is 0 Å². The van der Waals surface area contributed by atoms with Gasteiger partial charge in [0.1, 0.15) is 5.82 Å². The molecule has 25 heavy (non-hydrogen) atoms. The number of fused-ring (bicyclic) bond motifs is 1. The van der Waals surface area contributed by atoms with E-state index in [4.69, 9.17) is 9.47 Å². The molecular formula is C20H20FNO3. The molecule has 1 saturated carbocycles. The van der Waals surface area contributed by atoms with E-state index in [2.05, 4.69) is 5.32 Å². The van der Waals surface area contributed by atoms with Crippen molar-refractivity contribution in [2.24, 2.45) is 0 Å². The quantitative estimate of drug-likeness (QED) is 0.923. The van der Waals surface area contributed by atoms with Crippen molar-refractivity contribution in [2.45, 2.75) is 37.6 Å². The Labute approximate surface area is 146 Å². The van der Waals surface area contributed by atoms with Crippen molar-refractivity contribution in [2.75, 3.05) is 6.79 Å². The molecule has 1 aliphatic carbocycles. The number of halogens is 1. The Balaban J connectivity index is 1.52. The minimum absolute atomic E-state index is 0.0340. The third-order valence-corrected chi connectivity index (χ3v) is 5.16. The van der Waals surface area contributed by atoms with E-state index in [1.165, 1.54) is 12.1 Å². The first-order valence-corrected chi connectivity index (χ1v) is 8.60. The molecule has 0 bridgehead atoms. The molecule has 0 aromatic heterocycles. The second-order valence-corrected chi connectivity index (χ2v) is 6.67. The van der Waals surface area contributed by atoms with Crippen LogP contribution in [-0.2, 0) is 16.8 Å². The predicted molar refractivity (Wildman–Crippen MR) is 91.0 cm³/mol. The van der Waals surface area contributed by atoms with Crippen molar-refractivity contribution >= 4 is 5.91 Å². The number of carbonyl (C=O) groups is 1. The molecule has 0 unspecified atom stereocenters. The zero-order chi connectivity index (χ0) is 17.3.